The molecule has 0 radical (unpaired) electrons. The van der Waals surface area contributed by atoms with E-state index in [1.807, 2.05) is 17.8 Å². The van der Waals surface area contributed by atoms with E-state index < -0.39 is 0 Å². The highest BCUT2D eigenvalue weighted by atomic mass is 15.3. The molecular weight excluding hydrogens is 150 g/mol. The predicted octanol–water partition coefficient (Wildman–Crippen LogP) is 1.52. The lowest BCUT2D eigenvalue weighted by Gasteiger charge is -2.33. The van der Waals surface area contributed by atoms with Gasteiger partial charge >= 0.3 is 0 Å². The Balaban J connectivity index is 2.27. The van der Waals surface area contributed by atoms with Crippen LogP contribution in [0.5, 0.6) is 0 Å². The Hall–Kier alpha value is -0.990. The maximum atomic E-state index is 5.61. The number of rotatable bonds is 1. The third-order valence-corrected chi connectivity index (χ3v) is 2.93. The fourth-order valence-electron chi connectivity index (χ4n) is 1.96. The molecule has 0 spiro atoms. The normalized spacial score (nSPS) is 28.5. The Kier molecular flexibility index (Phi) is 1.60. The first-order chi connectivity index (χ1) is 5.68. The number of anilines is 1. The van der Waals surface area contributed by atoms with Gasteiger partial charge in [-0.25, -0.2) is 0 Å². The number of nitrogens with zero attached hydrogens (tertiary/aromatic N) is 2. The van der Waals surface area contributed by atoms with Crippen LogP contribution in [0.2, 0.25) is 0 Å². The molecule has 1 aliphatic rings. The minimum Gasteiger partial charge on any atom is -0.382 e. The van der Waals surface area contributed by atoms with Crippen LogP contribution in [-0.2, 0) is 7.05 Å². The molecule has 3 heteroatoms. The fraction of sp³-hybridized carbons (Fsp3) is 0.667. The highest BCUT2D eigenvalue weighted by Gasteiger charge is 2.30. The highest BCUT2D eigenvalue weighted by molar-refractivity contribution is 5.32. The van der Waals surface area contributed by atoms with Gasteiger partial charge in [0.05, 0.1) is 0 Å². The molecule has 0 saturated heterocycles. The smallest absolute Gasteiger partial charge is 0.145 e. The van der Waals surface area contributed by atoms with Gasteiger partial charge in [-0.3, -0.25) is 4.68 Å². The molecule has 0 aliphatic heterocycles. The monoisotopic (exact) mass is 165 g/mol. The Morgan fingerprint density at radius 3 is 2.67 bits per heavy atom. The summed E-state index contributed by atoms with van der Waals surface area (Å²) in [6, 6.07) is 2.00. The predicted molar refractivity (Wildman–Crippen MR) is 48.8 cm³/mol. The Morgan fingerprint density at radius 1 is 1.58 bits per heavy atom. The van der Waals surface area contributed by atoms with E-state index in [0.29, 0.717) is 11.7 Å². The second-order valence-electron chi connectivity index (χ2n) is 3.78. The van der Waals surface area contributed by atoms with Crippen molar-refractivity contribution in [1.82, 2.24) is 9.78 Å². The van der Waals surface area contributed by atoms with E-state index in [1.54, 1.807) is 0 Å². The standard InChI is InChI=1S/C9H15N3/c1-6-3-4-7(6)8-5-9(10)11-12(8)2/h5-7H,3-4H2,1-2H3,(H2,10,11)/t6-,7-/m1/s1. The zero-order valence-corrected chi connectivity index (χ0v) is 7.62. The summed E-state index contributed by atoms with van der Waals surface area (Å²) in [5, 5.41) is 4.14. The summed E-state index contributed by atoms with van der Waals surface area (Å²) in [7, 11) is 1.97. The summed E-state index contributed by atoms with van der Waals surface area (Å²) in [6.07, 6.45) is 2.63. The first kappa shape index (κ1) is 7.65. The third-order valence-electron chi connectivity index (χ3n) is 2.93. The van der Waals surface area contributed by atoms with Gasteiger partial charge in [-0.15, -0.1) is 0 Å². The Morgan fingerprint density at radius 2 is 2.33 bits per heavy atom. The van der Waals surface area contributed by atoms with Gasteiger partial charge in [0.2, 0.25) is 0 Å². The lowest BCUT2D eigenvalue weighted by atomic mass is 9.73. The lowest BCUT2D eigenvalue weighted by Crippen LogP contribution is -2.22. The third kappa shape index (κ3) is 1.00. The van der Waals surface area contributed by atoms with Gasteiger partial charge in [-0.1, -0.05) is 6.92 Å². The van der Waals surface area contributed by atoms with E-state index in [4.69, 9.17) is 5.73 Å². The van der Waals surface area contributed by atoms with Crippen LogP contribution in [0.1, 0.15) is 31.4 Å². The molecule has 1 aliphatic carbocycles. The van der Waals surface area contributed by atoms with Crippen LogP contribution < -0.4 is 5.73 Å². The zero-order chi connectivity index (χ0) is 8.72. The second-order valence-corrected chi connectivity index (χ2v) is 3.78. The molecule has 1 heterocycles. The van der Waals surface area contributed by atoms with Gasteiger partial charge in [0.1, 0.15) is 5.82 Å². The molecule has 2 atom stereocenters. The van der Waals surface area contributed by atoms with Crippen molar-refractivity contribution >= 4 is 5.82 Å². The van der Waals surface area contributed by atoms with Gasteiger partial charge < -0.3 is 5.73 Å². The largest absolute Gasteiger partial charge is 0.382 e. The summed E-state index contributed by atoms with van der Waals surface area (Å²) in [5.74, 6) is 2.14. The van der Waals surface area contributed by atoms with Crippen LogP contribution in [0, 0.1) is 5.92 Å². The van der Waals surface area contributed by atoms with Gasteiger partial charge in [0.15, 0.2) is 0 Å². The molecule has 1 aromatic heterocycles. The van der Waals surface area contributed by atoms with Gasteiger partial charge in [-0.2, -0.15) is 5.10 Å². The highest BCUT2D eigenvalue weighted by Crippen LogP contribution is 2.42. The molecular formula is C9H15N3. The van der Waals surface area contributed by atoms with E-state index in [9.17, 15) is 0 Å². The molecule has 1 saturated carbocycles. The van der Waals surface area contributed by atoms with Crippen LogP contribution in [0.3, 0.4) is 0 Å². The minimum atomic E-state index is 0.645. The second kappa shape index (κ2) is 2.51. The van der Waals surface area contributed by atoms with Crippen molar-refractivity contribution in [3.8, 4) is 0 Å². The van der Waals surface area contributed by atoms with E-state index in [0.717, 1.165) is 5.92 Å². The Bertz CT molecular complexity index is 290. The van der Waals surface area contributed by atoms with Crippen molar-refractivity contribution in [2.75, 3.05) is 5.73 Å². The minimum absolute atomic E-state index is 0.645. The van der Waals surface area contributed by atoms with Crippen LogP contribution in [0.25, 0.3) is 0 Å². The average molecular weight is 165 g/mol. The number of hydrogen-bond acceptors (Lipinski definition) is 2. The van der Waals surface area contributed by atoms with E-state index >= 15 is 0 Å². The van der Waals surface area contributed by atoms with Gasteiger partial charge in [0, 0.05) is 24.7 Å². The van der Waals surface area contributed by atoms with Crippen molar-refractivity contribution in [2.24, 2.45) is 13.0 Å². The van der Waals surface area contributed by atoms with Gasteiger partial charge in [-0.05, 0) is 18.8 Å². The molecule has 0 bridgehead atoms. The summed E-state index contributed by atoms with van der Waals surface area (Å²) in [6.45, 7) is 2.29. The number of aryl methyl sites for hydroxylation is 1. The molecule has 3 nitrogen and oxygen atoms in total. The summed E-state index contributed by atoms with van der Waals surface area (Å²) in [5.41, 5.74) is 6.91. The number of nitrogens with two attached hydrogens (primary N) is 1. The molecule has 12 heavy (non-hydrogen) atoms. The van der Waals surface area contributed by atoms with Crippen LogP contribution in [-0.4, -0.2) is 9.78 Å². The first-order valence-corrected chi connectivity index (χ1v) is 4.48. The average Bonchev–Trinajstić information content (AvgIpc) is 2.28. The van der Waals surface area contributed by atoms with Crippen molar-refractivity contribution in [2.45, 2.75) is 25.7 Å². The molecule has 66 valence electrons. The molecule has 2 N–H and O–H groups in total. The van der Waals surface area contributed by atoms with E-state index in [-0.39, 0.29) is 0 Å². The van der Waals surface area contributed by atoms with Gasteiger partial charge in [0.25, 0.3) is 0 Å². The molecule has 2 rings (SSSR count). The summed E-state index contributed by atoms with van der Waals surface area (Å²) in [4.78, 5) is 0. The van der Waals surface area contributed by atoms with E-state index in [1.165, 1.54) is 18.5 Å². The summed E-state index contributed by atoms with van der Waals surface area (Å²) >= 11 is 0. The zero-order valence-electron chi connectivity index (χ0n) is 7.62. The van der Waals surface area contributed by atoms with Crippen molar-refractivity contribution < 1.29 is 0 Å². The van der Waals surface area contributed by atoms with Crippen LogP contribution in [0.15, 0.2) is 6.07 Å². The number of nitrogen functional groups attached to an aromatic ring is 1. The van der Waals surface area contributed by atoms with Crippen molar-refractivity contribution in [1.29, 1.82) is 0 Å². The molecule has 1 aromatic rings. The number of hydrogen-bond donors (Lipinski definition) is 1. The van der Waals surface area contributed by atoms with Crippen molar-refractivity contribution in [3.05, 3.63) is 11.8 Å². The molecule has 1 fully saturated rings. The molecule has 0 unspecified atom stereocenters. The topological polar surface area (TPSA) is 43.8 Å². The maximum Gasteiger partial charge on any atom is 0.145 e. The first-order valence-electron chi connectivity index (χ1n) is 4.48. The quantitative estimate of drug-likeness (QED) is 0.685. The number of aromatic nitrogens is 2. The lowest BCUT2D eigenvalue weighted by molar-refractivity contribution is 0.268. The molecule has 0 amide bonds. The maximum absolute atomic E-state index is 5.61. The van der Waals surface area contributed by atoms with Crippen LogP contribution >= 0.6 is 0 Å². The summed E-state index contributed by atoms with van der Waals surface area (Å²) < 4.78 is 1.91. The van der Waals surface area contributed by atoms with Crippen LogP contribution in [0.4, 0.5) is 5.82 Å². The molecule has 0 aromatic carbocycles. The van der Waals surface area contributed by atoms with E-state index in [2.05, 4.69) is 12.0 Å². The SMILES string of the molecule is C[C@@H]1CC[C@H]1c1cc(N)nn1C. The fourth-order valence-corrected chi connectivity index (χ4v) is 1.96. The Labute approximate surface area is 72.6 Å². The van der Waals surface area contributed by atoms with Crippen molar-refractivity contribution in [3.63, 3.8) is 0 Å².